The van der Waals surface area contributed by atoms with Crippen molar-refractivity contribution >= 4 is 16.9 Å². The van der Waals surface area contributed by atoms with Gasteiger partial charge in [0, 0.05) is 5.39 Å². The van der Waals surface area contributed by atoms with Crippen molar-refractivity contribution < 1.29 is 22.7 Å². The van der Waals surface area contributed by atoms with Crippen molar-refractivity contribution in [3.8, 4) is 0 Å². The minimum Gasteiger partial charge on any atom is -0.469 e. The molecular formula is C14H12F3NO2. The third-order valence-electron chi connectivity index (χ3n) is 2.95. The number of halogens is 3. The maximum Gasteiger partial charge on any atom is 0.416 e. The summed E-state index contributed by atoms with van der Waals surface area (Å²) in [4.78, 5) is 15.4. The van der Waals surface area contributed by atoms with Crippen molar-refractivity contribution in [2.75, 3.05) is 7.11 Å². The molecular weight excluding hydrogens is 271 g/mol. The summed E-state index contributed by atoms with van der Waals surface area (Å²) >= 11 is 0. The molecule has 2 aromatic rings. The number of esters is 1. The van der Waals surface area contributed by atoms with E-state index in [0.717, 1.165) is 12.1 Å². The maximum absolute atomic E-state index is 12.7. The number of benzene rings is 1. The van der Waals surface area contributed by atoms with Crippen molar-refractivity contribution in [3.63, 3.8) is 0 Å². The largest absolute Gasteiger partial charge is 0.469 e. The summed E-state index contributed by atoms with van der Waals surface area (Å²) in [5.41, 5.74) is 0.828. The SMILES string of the molecule is COC(=O)Cc1cc(C)c2cc(C(F)(F)F)ccc2n1. The second kappa shape index (κ2) is 5.11. The van der Waals surface area contributed by atoms with E-state index in [9.17, 15) is 18.0 Å². The summed E-state index contributed by atoms with van der Waals surface area (Å²) in [5.74, 6) is -0.442. The molecule has 0 aliphatic rings. The normalized spacial score (nSPS) is 11.7. The molecule has 0 aliphatic carbocycles. The Morgan fingerprint density at radius 2 is 2.00 bits per heavy atom. The van der Waals surface area contributed by atoms with E-state index in [4.69, 9.17) is 0 Å². The third kappa shape index (κ3) is 2.89. The highest BCUT2D eigenvalue weighted by atomic mass is 19.4. The van der Waals surface area contributed by atoms with Crippen molar-refractivity contribution in [3.05, 3.63) is 41.1 Å². The fourth-order valence-corrected chi connectivity index (χ4v) is 1.95. The van der Waals surface area contributed by atoms with Crippen LogP contribution in [0.2, 0.25) is 0 Å². The lowest BCUT2D eigenvalue weighted by atomic mass is 10.0. The number of aromatic nitrogens is 1. The summed E-state index contributed by atoms with van der Waals surface area (Å²) in [7, 11) is 1.27. The average molecular weight is 283 g/mol. The van der Waals surface area contributed by atoms with Gasteiger partial charge in [0.05, 0.1) is 30.3 Å². The van der Waals surface area contributed by atoms with Crippen LogP contribution in [-0.2, 0) is 22.1 Å². The summed E-state index contributed by atoms with van der Waals surface area (Å²) in [5, 5.41) is 0.424. The summed E-state index contributed by atoms with van der Waals surface area (Å²) in [6, 6.07) is 4.96. The molecule has 3 nitrogen and oxygen atoms in total. The Morgan fingerprint density at radius 3 is 2.60 bits per heavy atom. The molecule has 20 heavy (non-hydrogen) atoms. The predicted octanol–water partition coefficient (Wildman–Crippen LogP) is 3.28. The molecule has 6 heteroatoms. The van der Waals surface area contributed by atoms with Gasteiger partial charge >= 0.3 is 12.1 Å². The highest BCUT2D eigenvalue weighted by Gasteiger charge is 2.30. The zero-order chi connectivity index (χ0) is 14.9. The Labute approximate surface area is 113 Å². The van der Waals surface area contributed by atoms with Crippen LogP contribution >= 0.6 is 0 Å². The first kappa shape index (κ1) is 14.3. The maximum atomic E-state index is 12.7. The van der Waals surface area contributed by atoms with Gasteiger partial charge in [-0.1, -0.05) is 0 Å². The second-order valence-corrected chi connectivity index (χ2v) is 4.41. The van der Waals surface area contributed by atoms with E-state index in [1.165, 1.54) is 13.2 Å². The monoisotopic (exact) mass is 283 g/mol. The molecule has 0 aliphatic heterocycles. The summed E-state index contributed by atoms with van der Waals surface area (Å²) < 4.78 is 42.5. The first-order valence-electron chi connectivity index (χ1n) is 5.85. The van der Waals surface area contributed by atoms with Crippen LogP contribution in [0.5, 0.6) is 0 Å². The molecule has 0 fully saturated rings. The van der Waals surface area contributed by atoms with Gasteiger partial charge in [-0.05, 0) is 36.8 Å². The number of carbonyl (C=O) groups excluding carboxylic acids is 1. The second-order valence-electron chi connectivity index (χ2n) is 4.41. The van der Waals surface area contributed by atoms with Gasteiger partial charge in [0.2, 0.25) is 0 Å². The number of aryl methyl sites for hydroxylation is 1. The molecule has 0 saturated carbocycles. The minimum atomic E-state index is -4.38. The fraction of sp³-hybridized carbons (Fsp3) is 0.286. The average Bonchev–Trinajstić information content (AvgIpc) is 2.37. The Balaban J connectivity index is 2.50. The van der Waals surface area contributed by atoms with Crippen LogP contribution in [0.25, 0.3) is 10.9 Å². The highest BCUT2D eigenvalue weighted by Crippen LogP contribution is 2.32. The van der Waals surface area contributed by atoms with Gasteiger partial charge in [0.1, 0.15) is 0 Å². The van der Waals surface area contributed by atoms with Gasteiger partial charge < -0.3 is 4.74 Å². The number of fused-ring (bicyclic) bond motifs is 1. The number of rotatable bonds is 2. The van der Waals surface area contributed by atoms with E-state index in [-0.39, 0.29) is 6.42 Å². The quantitative estimate of drug-likeness (QED) is 0.794. The van der Waals surface area contributed by atoms with Gasteiger partial charge in [0.15, 0.2) is 0 Å². The molecule has 0 bridgehead atoms. The first-order valence-corrected chi connectivity index (χ1v) is 5.85. The number of carbonyl (C=O) groups is 1. The number of pyridine rings is 1. The molecule has 0 radical (unpaired) electrons. The summed E-state index contributed by atoms with van der Waals surface area (Å²) in [6.45, 7) is 1.69. The fourth-order valence-electron chi connectivity index (χ4n) is 1.95. The molecule has 2 rings (SSSR count). The number of methoxy groups -OCH3 is 1. The minimum absolute atomic E-state index is 0.00565. The van der Waals surface area contributed by atoms with Crippen molar-refractivity contribution in [2.45, 2.75) is 19.5 Å². The predicted molar refractivity (Wildman–Crippen MR) is 67.2 cm³/mol. The van der Waals surface area contributed by atoms with Crippen molar-refractivity contribution in [1.82, 2.24) is 4.98 Å². The van der Waals surface area contributed by atoms with Crippen LogP contribution in [-0.4, -0.2) is 18.1 Å². The van der Waals surface area contributed by atoms with Crippen LogP contribution in [0.4, 0.5) is 13.2 Å². The zero-order valence-corrected chi connectivity index (χ0v) is 10.9. The van der Waals surface area contributed by atoms with Crippen molar-refractivity contribution in [2.24, 2.45) is 0 Å². The van der Waals surface area contributed by atoms with Gasteiger partial charge in [-0.25, -0.2) is 0 Å². The molecule has 0 unspecified atom stereocenters. The molecule has 0 atom stereocenters. The number of hydrogen-bond acceptors (Lipinski definition) is 3. The van der Waals surface area contributed by atoms with Gasteiger partial charge in [-0.3, -0.25) is 9.78 Å². The Bertz CT molecular complexity index is 665. The number of nitrogens with zero attached hydrogens (tertiary/aromatic N) is 1. The summed E-state index contributed by atoms with van der Waals surface area (Å²) in [6.07, 6.45) is -4.39. The molecule has 0 spiro atoms. The first-order chi connectivity index (χ1) is 9.31. The highest BCUT2D eigenvalue weighted by molar-refractivity contribution is 5.84. The molecule has 1 aromatic heterocycles. The molecule has 0 N–H and O–H groups in total. The Hall–Kier alpha value is -2.11. The van der Waals surface area contributed by atoms with E-state index >= 15 is 0 Å². The molecule has 0 amide bonds. The van der Waals surface area contributed by atoms with Crippen LogP contribution in [0.1, 0.15) is 16.8 Å². The third-order valence-corrected chi connectivity index (χ3v) is 2.95. The lowest BCUT2D eigenvalue weighted by Crippen LogP contribution is -2.07. The Morgan fingerprint density at radius 1 is 1.30 bits per heavy atom. The zero-order valence-electron chi connectivity index (χ0n) is 10.9. The Kier molecular flexibility index (Phi) is 3.65. The van der Waals surface area contributed by atoms with Crippen LogP contribution in [0.15, 0.2) is 24.3 Å². The lowest BCUT2D eigenvalue weighted by molar-refractivity contribution is -0.140. The van der Waals surface area contributed by atoms with Gasteiger partial charge in [-0.2, -0.15) is 13.2 Å². The van der Waals surface area contributed by atoms with Gasteiger partial charge in [-0.15, -0.1) is 0 Å². The topological polar surface area (TPSA) is 39.2 Å². The number of hydrogen-bond donors (Lipinski definition) is 0. The number of ether oxygens (including phenoxy) is 1. The molecule has 0 saturated heterocycles. The van der Waals surface area contributed by atoms with E-state index < -0.39 is 17.7 Å². The standard InChI is InChI=1S/C14H12F3NO2/c1-8-5-10(7-13(19)20-2)18-12-4-3-9(6-11(8)12)14(15,16)17/h3-6H,7H2,1-2H3. The van der Waals surface area contributed by atoms with Crippen LogP contribution in [0, 0.1) is 6.92 Å². The number of alkyl halides is 3. The van der Waals surface area contributed by atoms with E-state index in [1.54, 1.807) is 13.0 Å². The lowest BCUT2D eigenvalue weighted by Gasteiger charge is -2.10. The van der Waals surface area contributed by atoms with E-state index in [1.807, 2.05) is 0 Å². The van der Waals surface area contributed by atoms with E-state index in [2.05, 4.69) is 9.72 Å². The molecule has 106 valence electrons. The van der Waals surface area contributed by atoms with Crippen LogP contribution < -0.4 is 0 Å². The molecule has 1 heterocycles. The van der Waals surface area contributed by atoms with E-state index in [0.29, 0.717) is 22.2 Å². The van der Waals surface area contributed by atoms with Crippen LogP contribution in [0.3, 0.4) is 0 Å². The smallest absolute Gasteiger partial charge is 0.416 e. The van der Waals surface area contributed by atoms with Crippen molar-refractivity contribution in [1.29, 1.82) is 0 Å². The van der Waals surface area contributed by atoms with Gasteiger partial charge in [0.25, 0.3) is 0 Å². The molecule has 1 aromatic carbocycles.